The summed E-state index contributed by atoms with van der Waals surface area (Å²) in [6, 6.07) is 6.57. The zero-order valence-electron chi connectivity index (χ0n) is 15.1. The van der Waals surface area contributed by atoms with Crippen LogP contribution in [-0.2, 0) is 23.9 Å². The summed E-state index contributed by atoms with van der Waals surface area (Å²) in [7, 11) is 0. The summed E-state index contributed by atoms with van der Waals surface area (Å²) in [6.45, 7) is -0.828. The van der Waals surface area contributed by atoms with Gasteiger partial charge in [-0.25, -0.2) is 4.79 Å². The van der Waals surface area contributed by atoms with Crippen molar-refractivity contribution in [1.82, 2.24) is 10.2 Å². The number of halogens is 3. The first-order valence-corrected chi connectivity index (χ1v) is 10.6. The van der Waals surface area contributed by atoms with Crippen LogP contribution in [-0.4, -0.2) is 63.4 Å². The van der Waals surface area contributed by atoms with Crippen LogP contribution in [0.4, 0.5) is 0 Å². The van der Waals surface area contributed by atoms with Crippen LogP contribution in [0.3, 0.4) is 0 Å². The van der Waals surface area contributed by atoms with Crippen LogP contribution in [0, 0.1) is 0 Å². The fraction of sp³-hybridized carbons (Fsp3) is 0.333. The van der Waals surface area contributed by atoms with E-state index in [1.54, 1.807) is 24.3 Å². The second-order valence-corrected chi connectivity index (χ2v) is 9.79. The average molecular weight is 494 g/mol. The van der Waals surface area contributed by atoms with E-state index in [1.807, 2.05) is 6.07 Å². The summed E-state index contributed by atoms with van der Waals surface area (Å²) < 4.78 is 8.45. The van der Waals surface area contributed by atoms with Gasteiger partial charge in [-0.15, -0.1) is 11.8 Å². The third-order valence-corrected chi connectivity index (χ3v) is 5.70. The lowest BCUT2D eigenvalue weighted by Gasteiger charge is -2.51. The Hall–Kier alpha value is -1.94. The lowest BCUT2D eigenvalue weighted by molar-refractivity contribution is -0.163. The second kappa shape index (κ2) is 9.47. The molecular formula is C18H15Cl3N2O6S. The molecule has 2 amide bonds. The van der Waals surface area contributed by atoms with Crippen molar-refractivity contribution in [2.45, 2.75) is 21.3 Å². The summed E-state index contributed by atoms with van der Waals surface area (Å²) in [5, 5.41) is 3.43. The number of carbonyl (C=O) groups excluding carboxylic acids is 4. The zero-order chi connectivity index (χ0) is 21.9. The summed E-state index contributed by atoms with van der Waals surface area (Å²) in [6.07, 6.45) is 0.456. The Bertz CT molecular complexity index is 876. The van der Waals surface area contributed by atoms with Crippen molar-refractivity contribution in [3.63, 3.8) is 0 Å². The average Bonchev–Trinajstić information content (AvgIpc) is 2.73. The van der Waals surface area contributed by atoms with E-state index in [-0.39, 0.29) is 12.2 Å². The van der Waals surface area contributed by atoms with Crippen LogP contribution in [0.2, 0.25) is 0 Å². The molecule has 30 heavy (non-hydrogen) atoms. The molecule has 3 atom stereocenters. The largest absolute Gasteiger partial charge is 0.484 e. The molecule has 1 aromatic carbocycles. The van der Waals surface area contributed by atoms with E-state index in [0.717, 1.165) is 16.7 Å². The molecule has 1 fully saturated rings. The fourth-order valence-electron chi connectivity index (χ4n) is 2.87. The molecule has 2 heterocycles. The first kappa shape index (κ1) is 22.7. The van der Waals surface area contributed by atoms with Crippen LogP contribution in [0.1, 0.15) is 0 Å². The maximum atomic E-state index is 12.6. The SMILES string of the molecule is O=CC1=CS[C@@H]2C(NC(=O)COc3ccccc3)C(=O)N2C1C(=O)OCC(Cl)(Cl)Cl. The van der Waals surface area contributed by atoms with Crippen molar-refractivity contribution in [2.24, 2.45) is 0 Å². The Morgan fingerprint density at radius 2 is 1.93 bits per heavy atom. The number of carbonyl (C=O) groups is 4. The maximum absolute atomic E-state index is 12.6. The molecular weight excluding hydrogens is 479 g/mol. The van der Waals surface area contributed by atoms with Crippen molar-refractivity contribution in [2.75, 3.05) is 13.2 Å². The van der Waals surface area contributed by atoms with Gasteiger partial charge >= 0.3 is 5.97 Å². The minimum Gasteiger partial charge on any atom is -0.484 e. The van der Waals surface area contributed by atoms with Crippen molar-refractivity contribution in [3.05, 3.63) is 41.3 Å². The molecule has 1 aromatic rings. The normalized spacial score (nSPS) is 22.9. The Morgan fingerprint density at radius 3 is 2.57 bits per heavy atom. The number of amides is 2. The number of esters is 1. The predicted molar refractivity (Wildman–Crippen MR) is 111 cm³/mol. The van der Waals surface area contributed by atoms with Crippen molar-refractivity contribution in [3.8, 4) is 5.75 Å². The summed E-state index contributed by atoms with van der Waals surface area (Å²) in [5.41, 5.74) is 0.0381. The molecule has 3 rings (SSSR count). The molecule has 2 unspecified atom stereocenters. The molecule has 0 radical (unpaired) electrons. The minimum absolute atomic E-state index is 0.0381. The minimum atomic E-state index is -1.84. The lowest BCUT2D eigenvalue weighted by Crippen LogP contribution is -2.74. The summed E-state index contributed by atoms with van der Waals surface area (Å²) in [5.74, 6) is -1.44. The van der Waals surface area contributed by atoms with Gasteiger partial charge in [-0.2, -0.15) is 0 Å². The zero-order valence-corrected chi connectivity index (χ0v) is 18.2. The van der Waals surface area contributed by atoms with Crippen molar-refractivity contribution < 1.29 is 28.7 Å². The molecule has 0 spiro atoms. The number of para-hydroxylation sites is 1. The van der Waals surface area contributed by atoms with Crippen LogP contribution < -0.4 is 10.1 Å². The second-order valence-electron chi connectivity index (χ2n) is 6.28. The number of ether oxygens (including phenoxy) is 2. The van der Waals surface area contributed by atoms with E-state index in [1.165, 1.54) is 5.41 Å². The Balaban J connectivity index is 1.62. The van der Waals surface area contributed by atoms with E-state index in [4.69, 9.17) is 44.3 Å². The molecule has 12 heteroatoms. The monoisotopic (exact) mass is 492 g/mol. The number of hydrogen-bond donors (Lipinski definition) is 1. The maximum Gasteiger partial charge on any atom is 0.333 e. The van der Waals surface area contributed by atoms with E-state index >= 15 is 0 Å². The van der Waals surface area contributed by atoms with E-state index < -0.39 is 45.6 Å². The number of fused-ring (bicyclic) bond motifs is 1. The van der Waals surface area contributed by atoms with Gasteiger partial charge in [0.15, 0.2) is 12.6 Å². The molecule has 2 aliphatic heterocycles. The highest BCUT2D eigenvalue weighted by Gasteiger charge is 2.56. The number of nitrogens with zero attached hydrogens (tertiary/aromatic N) is 1. The smallest absolute Gasteiger partial charge is 0.333 e. The number of β-lactam (4-membered cyclic amide) rings is 1. The molecule has 2 aliphatic rings. The van der Waals surface area contributed by atoms with E-state index in [0.29, 0.717) is 12.0 Å². The van der Waals surface area contributed by atoms with Crippen LogP contribution in [0.25, 0.3) is 0 Å². The molecule has 160 valence electrons. The van der Waals surface area contributed by atoms with Gasteiger partial charge in [0.05, 0.1) is 0 Å². The topological polar surface area (TPSA) is 102 Å². The van der Waals surface area contributed by atoms with Gasteiger partial charge in [-0.1, -0.05) is 53.0 Å². The molecule has 1 N–H and O–H groups in total. The van der Waals surface area contributed by atoms with Gasteiger partial charge in [-0.05, 0) is 17.5 Å². The molecule has 0 aromatic heterocycles. The van der Waals surface area contributed by atoms with E-state index in [2.05, 4.69) is 5.32 Å². The van der Waals surface area contributed by atoms with Crippen molar-refractivity contribution >= 4 is 70.6 Å². The Labute approximate surface area is 190 Å². The quantitative estimate of drug-likeness (QED) is 0.268. The lowest BCUT2D eigenvalue weighted by atomic mass is 9.98. The standard InChI is InChI=1S/C18H15Cl3N2O6S/c19-18(20,21)9-29-17(27)14-10(6-24)8-30-16-13(15(26)23(14)16)22-12(25)7-28-11-4-2-1-3-5-11/h1-6,8,13-14,16H,7,9H2,(H,22,25)/t13?,14?,16-/m1/s1. The number of alkyl halides is 3. The number of hydrogen-bond acceptors (Lipinski definition) is 7. The van der Waals surface area contributed by atoms with Gasteiger partial charge in [0.1, 0.15) is 30.1 Å². The summed E-state index contributed by atoms with van der Waals surface area (Å²) in [4.78, 5) is 49.7. The van der Waals surface area contributed by atoms with Crippen LogP contribution in [0.5, 0.6) is 5.75 Å². The predicted octanol–water partition coefficient (Wildman–Crippen LogP) is 1.83. The van der Waals surface area contributed by atoms with Crippen molar-refractivity contribution in [1.29, 1.82) is 0 Å². The highest BCUT2D eigenvalue weighted by atomic mass is 35.6. The number of aldehydes is 1. The summed E-state index contributed by atoms with van der Waals surface area (Å²) >= 11 is 17.9. The fourth-order valence-corrected chi connectivity index (χ4v) is 4.21. The first-order valence-electron chi connectivity index (χ1n) is 8.55. The van der Waals surface area contributed by atoms with E-state index in [9.17, 15) is 19.2 Å². The van der Waals surface area contributed by atoms with Gasteiger partial charge in [0, 0.05) is 5.57 Å². The van der Waals surface area contributed by atoms with Gasteiger partial charge < -0.3 is 19.7 Å². The number of rotatable bonds is 7. The van der Waals surface area contributed by atoms with Gasteiger partial charge in [0.2, 0.25) is 9.70 Å². The molecule has 0 aliphatic carbocycles. The third kappa shape index (κ3) is 5.21. The highest BCUT2D eigenvalue weighted by Crippen LogP contribution is 2.40. The van der Waals surface area contributed by atoms with Gasteiger partial charge in [0.25, 0.3) is 5.91 Å². The number of thioether (sulfide) groups is 1. The molecule has 0 saturated carbocycles. The van der Waals surface area contributed by atoms with Crippen LogP contribution >= 0.6 is 46.6 Å². The number of nitrogens with one attached hydrogen (secondary N) is 1. The Kier molecular flexibility index (Phi) is 7.18. The molecule has 8 nitrogen and oxygen atoms in total. The number of benzene rings is 1. The Morgan fingerprint density at radius 1 is 1.23 bits per heavy atom. The highest BCUT2D eigenvalue weighted by molar-refractivity contribution is 8.03. The third-order valence-electron chi connectivity index (χ3n) is 4.18. The first-order chi connectivity index (χ1) is 14.2. The molecule has 0 bridgehead atoms. The molecule has 1 saturated heterocycles. The van der Waals surface area contributed by atoms with Gasteiger partial charge in [-0.3, -0.25) is 14.4 Å². The van der Waals surface area contributed by atoms with Crippen LogP contribution in [0.15, 0.2) is 41.3 Å².